The smallest absolute Gasteiger partial charge is 0.304 e. The topological polar surface area (TPSA) is 43.1 Å². The SMILES string of the molecule is CC(F)(F)c1cc(-c2ccc(S(=O)Cl)s2)no1. The zero-order chi connectivity index (χ0) is 12.6. The molecule has 0 spiro atoms. The minimum absolute atomic E-state index is 0.278. The standard InChI is InChI=1S/C9H6ClF2NO2S2/c1-9(11,12)7-4-5(13-15-7)6-2-3-8(16-6)17(10)14/h2-4H,1H3. The molecule has 2 rings (SSSR count). The van der Waals surface area contributed by atoms with Crippen molar-refractivity contribution in [2.75, 3.05) is 0 Å². The Kier molecular flexibility index (Phi) is 3.33. The summed E-state index contributed by atoms with van der Waals surface area (Å²) in [7, 11) is 3.79. The van der Waals surface area contributed by atoms with Gasteiger partial charge in [0.05, 0.1) is 4.88 Å². The monoisotopic (exact) mass is 297 g/mol. The van der Waals surface area contributed by atoms with Crippen LogP contribution in [0, 0.1) is 0 Å². The fourth-order valence-corrected chi connectivity index (χ4v) is 2.98. The molecular weight excluding hydrogens is 292 g/mol. The summed E-state index contributed by atoms with van der Waals surface area (Å²) in [6, 6.07) is 4.32. The average molecular weight is 298 g/mol. The van der Waals surface area contributed by atoms with Gasteiger partial charge in [-0.1, -0.05) is 5.16 Å². The van der Waals surface area contributed by atoms with Crippen molar-refractivity contribution >= 4 is 32.0 Å². The van der Waals surface area contributed by atoms with Gasteiger partial charge in [-0.2, -0.15) is 8.78 Å². The van der Waals surface area contributed by atoms with E-state index in [-0.39, 0.29) is 5.69 Å². The van der Waals surface area contributed by atoms with E-state index in [1.165, 1.54) is 0 Å². The zero-order valence-corrected chi connectivity index (χ0v) is 10.8. The molecule has 2 aromatic rings. The van der Waals surface area contributed by atoms with Crippen LogP contribution in [0.3, 0.4) is 0 Å². The van der Waals surface area contributed by atoms with Crippen molar-refractivity contribution in [3.8, 4) is 10.6 Å². The fraction of sp³-hybridized carbons (Fsp3) is 0.222. The fourth-order valence-electron chi connectivity index (χ4n) is 1.14. The van der Waals surface area contributed by atoms with Crippen LogP contribution in [0.15, 0.2) is 26.9 Å². The molecule has 92 valence electrons. The zero-order valence-electron chi connectivity index (χ0n) is 8.45. The maximum Gasteiger partial charge on any atom is 0.304 e. The van der Waals surface area contributed by atoms with Gasteiger partial charge in [-0.25, -0.2) is 4.21 Å². The van der Waals surface area contributed by atoms with Crippen molar-refractivity contribution in [2.45, 2.75) is 17.1 Å². The number of alkyl halides is 2. The Bertz CT molecular complexity index is 561. The minimum atomic E-state index is -3.07. The normalized spacial score (nSPS) is 13.9. The summed E-state index contributed by atoms with van der Waals surface area (Å²) in [5.74, 6) is -3.57. The average Bonchev–Trinajstić information content (AvgIpc) is 2.85. The lowest BCUT2D eigenvalue weighted by molar-refractivity contribution is -0.0105. The Morgan fingerprint density at radius 1 is 1.53 bits per heavy atom. The molecule has 17 heavy (non-hydrogen) atoms. The number of nitrogens with zero attached hydrogens (tertiary/aromatic N) is 1. The molecule has 0 saturated heterocycles. The number of hydrogen-bond donors (Lipinski definition) is 0. The second kappa shape index (κ2) is 4.47. The van der Waals surface area contributed by atoms with Crippen molar-refractivity contribution in [2.24, 2.45) is 0 Å². The third kappa shape index (κ3) is 2.72. The van der Waals surface area contributed by atoms with E-state index in [0.29, 0.717) is 9.09 Å². The van der Waals surface area contributed by atoms with Crippen molar-refractivity contribution in [3.05, 3.63) is 24.0 Å². The maximum atomic E-state index is 12.9. The van der Waals surface area contributed by atoms with Crippen LogP contribution < -0.4 is 0 Å². The molecule has 8 heteroatoms. The molecule has 2 heterocycles. The summed E-state index contributed by atoms with van der Waals surface area (Å²) in [5.41, 5.74) is 0.278. The van der Waals surface area contributed by atoms with Crippen LogP contribution in [0.1, 0.15) is 12.7 Å². The lowest BCUT2D eigenvalue weighted by Crippen LogP contribution is -2.04. The highest BCUT2D eigenvalue weighted by atomic mass is 35.7. The van der Waals surface area contributed by atoms with Gasteiger partial charge in [-0.05, 0) is 22.8 Å². The molecule has 2 aromatic heterocycles. The molecule has 0 amide bonds. The van der Waals surface area contributed by atoms with E-state index in [1.54, 1.807) is 12.1 Å². The van der Waals surface area contributed by atoms with Gasteiger partial charge < -0.3 is 4.52 Å². The maximum absolute atomic E-state index is 12.9. The number of halogens is 3. The van der Waals surface area contributed by atoms with Gasteiger partial charge in [0.1, 0.15) is 9.90 Å². The molecule has 0 aliphatic rings. The molecule has 0 fully saturated rings. The highest BCUT2D eigenvalue weighted by Gasteiger charge is 2.30. The van der Waals surface area contributed by atoms with E-state index < -0.39 is 21.7 Å². The van der Waals surface area contributed by atoms with Crippen LogP contribution in [0.2, 0.25) is 0 Å². The molecule has 0 N–H and O–H groups in total. The number of hydrogen-bond acceptors (Lipinski definition) is 4. The van der Waals surface area contributed by atoms with Crippen molar-refractivity contribution in [1.82, 2.24) is 5.16 Å². The second-order valence-corrected chi connectivity index (χ2v) is 6.38. The van der Waals surface area contributed by atoms with Gasteiger partial charge >= 0.3 is 5.92 Å². The van der Waals surface area contributed by atoms with Crippen LogP contribution in [-0.2, 0) is 15.9 Å². The summed E-state index contributed by atoms with van der Waals surface area (Å²) >= 11 is 1.12. The molecule has 0 aliphatic carbocycles. The molecule has 0 bridgehead atoms. The van der Waals surface area contributed by atoms with Crippen LogP contribution in [0.25, 0.3) is 10.6 Å². The first kappa shape index (κ1) is 12.7. The van der Waals surface area contributed by atoms with Crippen LogP contribution in [0.4, 0.5) is 8.78 Å². The molecule has 0 radical (unpaired) electrons. The number of aromatic nitrogens is 1. The first-order valence-corrected chi connectivity index (χ1v) is 7.20. The van der Waals surface area contributed by atoms with E-state index in [2.05, 4.69) is 9.68 Å². The second-order valence-electron chi connectivity index (χ2n) is 3.31. The van der Waals surface area contributed by atoms with E-state index >= 15 is 0 Å². The molecule has 1 atom stereocenters. The van der Waals surface area contributed by atoms with Crippen LogP contribution >= 0.6 is 22.0 Å². The highest BCUT2D eigenvalue weighted by molar-refractivity contribution is 8.09. The van der Waals surface area contributed by atoms with Gasteiger partial charge in [-0.3, -0.25) is 0 Å². The van der Waals surface area contributed by atoms with E-state index in [1.807, 2.05) is 0 Å². The van der Waals surface area contributed by atoms with E-state index in [4.69, 9.17) is 10.7 Å². The van der Waals surface area contributed by atoms with Gasteiger partial charge in [0, 0.05) is 13.0 Å². The Balaban J connectivity index is 2.34. The number of thiophene rings is 1. The molecule has 0 aromatic carbocycles. The van der Waals surface area contributed by atoms with Crippen LogP contribution in [0.5, 0.6) is 0 Å². The molecule has 1 unspecified atom stereocenters. The summed E-state index contributed by atoms with van der Waals surface area (Å²) in [4.78, 5) is 0.577. The van der Waals surface area contributed by atoms with Gasteiger partial charge in [0.2, 0.25) is 5.76 Å². The predicted molar refractivity (Wildman–Crippen MR) is 61.6 cm³/mol. The molecule has 3 nitrogen and oxygen atoms in total. The lowest BCUT2D eigenvalue weighted by atomic mass is 10.2. The molecular formula is C9H6ClF2NO2S2. The summed E-state index contributed by atoms with van der Waals surface area (Å²) in [6.45, 7) is 0.727. The quantitative estimate of drug-likeness (QED) is 0.810. The Labute approximate surface area is 106 Å². The predicted octanol–water partition coefficient (Wildman–Crippen LogP) is 3.78. The lowest BCUT2D eigenvalue weighted by Gasteiger charge is -2.02. The summed E-state index contributed by atoms with van der Waals surface area (Å²) in [6.07, 6.45) is 0. The van der Waals surface area contributed by atoms with Gasteiger partial charge in [0.25, 0.3) is 0 Å². The van der Waals surface area contributed by atoms with Crippen molar-refractivity contribution in [3.63, 3.8) is 0 Å². The van der Waals surface area contributed by atoms with Crippen molar-refractivity contribution in [1.29, 1.82) is 0 Å². The Hall–Kier alpha value is -0.790. The summed E-state index contributed by atoms with van der Waals surface area (Å²) < 4.78 is 41.8. The molecule has 0 aliphatic heterocycles. The Morgan fingerprint density at radius 2 is 2.24 bits per heavy atom. The first-order valence-electron chi connectivity index (χ1n) is 4.41. The highest BCUT2D eigenvalue weighted by Crippen LogP contribution is 2.34. The van der Waals surface area contributed by atoms with Crippen LogP contribution in [-0.4, -0.2) is 9.37 Å². The summed E-state index contributed by atoms with van der Waals surface area (Å²) in [5, 5.41) is 3.54. The Morgan fingerprint density at radius 3 is 2.71 bits per heavy atom. The first-order chi connectivity index (χ1) is 7.88. The van der Waals surface area contributed by atoms with E-state index in [9.17, 15) is 13.0 Å². The molecule has 0 saturated carbocycles. The third-order valence-corrected chi connectivity index (χ3v) is 4.77. The van der Waals surface area contributed by atoms with Gasteiger partial charge in [-0.15, -0.1) is 11.3 Å². The van der Waals surface area contributed by atoms with Crippen molar-refractivity contribution < 1.29 is 17.5 Å². The third-order valence-electron chi connectivity index (χ3n) is 1.93. The minimum Gasteiger partial charge on any atom is -0.354 e. The van der Waals surface area contributed by atoms with E-state index in [0.717, 1.165) is 24.3 Å². The largest absolute Gasteiger partial charge is 0.354 e. The van der Waals surface area contributed by atoms with Gasteiger partial charge in [0.15, 0.2) is 10.0 Å². The number of rotatable bonds is 3.